The third-order valence-electron chi connectivity index (χ3n) is 4.34. The molecule has 2 N–H and O–H groups in total. The van der Waals surface area contributed by atoms with Crippen LogP contribution in [0.5, 0.6) is 11.5 Å². The summed E-state index contributed by atoms with van der Waals surface area (Å²) in [5, 5.41) is 6.19. The van der Waals surface area contributed by atoms with Crippen molar-refractivity contribution in [1.29, 1.82) is 0 Å². The van der Waals surface area contributed by atoms with E-state index < -0.39 is 0 Å². The van der Waals surface area contributed by atoms with Gasteiger partial charge in [0.15, 0.2) is 0 Å². The quantitative estimate of drug-likeness (QED) is 0.641. The fourth-order valence-corrected chi connectivity index (χ4v) is 2.78. The summed E-state index contributed by atoms with van der Waals surface area (Å²) < 4.78 is 10.6. The lowest BCUT2D eigenvalue weighted by Gasteiger charge is -2.15. The van der Waals surface area contributed by atoms with E-state index >= 15 is 0 Å². The van der Waals surface area contributed by atoms with Crippen LogP contribution < -0.4 is 20.1 Å². The minimum Gasteiger partial charge on any atom is -0.497 e. The monoisotopic (exact) mass is 377 g/mol. The molecule has 0 fully saturated rings. The molecule has 0 spiro atoms. The molecule has 1 heterocycles. The standard InChI is InChI=1S/C22H23N3O3/c1-15(16-7-5-4-6-8-16)24-22(26)17-11-12-23-21(13-17)25-19-10-9-18(27-2)14-20(19)28-3/h4-15H,1-3H3,(H,23,25)(H,24,26). The van der Waals surface area contributed by atoms with Crippen LogP contribution in [-0.2, 0) is 0 Å². The highest BCUT2D eigenvalue weighted by Crippen LogP contribution is 2.31. The zero-order valence-electron chi connectivity index (χ0n) is 16.1. The molecule has 2 aromatic carbocycles. The van der Waals surface area contributed by atoms with Gasteiger partial charge in [-0.05, 0) is 36.8 Å². The average Bonchev–Trinajstić information content (AvgIpc) is 2.74. The first-order valence-electron chi connectivity index (χ1n) is 8.91. The largest absolute Gasteiger partial charge is 0.497 e. The summed E-state index contributed by atoms with van der Waals surface area (Å²) in [6.45, 7) is 1.95. The lowest BCUT2D eigenvalue weighted by Crippen LogP contribution is -2.26. The number of pyridine rings is 1. The van der Waals surface area contributed by atoms with Crippen LogP contribution in [0.15, 0.2) is 66.9 Å². The van der Waals surface area contributed by atoms with Crippen molar-refractivity contribution in [3.63, 3.8) is 0 Å². The van der Waals surface area contributed by atoms with Crippen molar-refractivity contribution in [2.45, 2.75) is 13.0 Å². The van der Waals surface area contributed by atoms with Gasteiger partial charge < -0.3 is 20.1 Å². The van der Waals surface area contributed by atoms with Crippen molar-refractivity contribution in [2.24, 2.45) is 0 Å². The number of rotatable bonds is 7. The van der Waals surface area contributed by atoms with E-state index in [0.717, 1.165) is 11.3 Å². The van der Waals surface area contributed by atoms with Crippen LogP contribution in [0.25, 0.3) is 0 Å². The van der Waals surface area contributed by atoms with Crippen molar-refractivity contribution in [3.8, 4) is 11.5 Å². The molecule has 0 aliphatic carbocycles. The summed E-state index contributed by atoms with van der Waals surface area (Å²) in [6.07, 6.45) is 1.60. The van der Waals surface area contributed by atoms with Crippen LogP contribution in [0.3, 0.4) is 0 Å². The lowest BCUT2D eigenvalue weighted by atomic mass is 10.1. The van der Waals surface area contributed by atoms with Gasteiger partial charge >= 0.3 is 0 Å². The molecule has 0 radical (unpaired) electrons. The smallest absolute Gasteiger partial charge is 0.251 e. The number of hydrogen-bond donors (Lipinski definition) is 2. The van der Waals surface area contributed by atoms with E-state index in [9.17, 15) is 4.79 Å². The second kappa shape index (κ2) is 8.90. The molecule has 6 heteroatoms. The fraction of sp³-hybridized carbons (Fsp3) is 0.182. The number of benzene rings is 2. The molecule has 0 aliphatic heterocycles. The highest BCUT2D eigenvalue weighted by Gasteiger charge is 2.13. The number of hydrogen-bond acceptors (Lipinski definition) is 5. The van der Waals surface area contributed by atoms with Crippen LogP contribution in [0.4, 0.5) is 11.5 Å². The van der Waals surface area contributed by atoms with E-state index in [1.54, 1.807) is 38.6 Å². The lowest BCUT2D eigenvalue weighted by molar-refractivity contribution is 0.0940. The van der Waals surface area contributed by atoms with E-state index in [4.69, 9.17) is 9.47 Å². The van der Waals surface area contributed by atoms with Gasteiger partial charge in [0.25, 0.3) is 5.91 Å². The van der Waals surface area contributed by atoms with Crippen LogP contribution in [0.2, 0.25) is 0 Å². The number of ether oxygens (including phenoxy) is 2. The van der Waals surface area contributed by atoms with Gasteiger partial charge in [-0.15, -0.1) is 0 Å². The highest BCUT2D eigenvalue weighted by atomic mass is 16.5. The molecule has 144 valence electrons. The molecular weight excluding hydrogens is 354 g/mol. The van der Waals surface area contributed by atoms with E-state index in [1.165, 1.54) is 0 Å². The average molecular weight is 377 g/mol. The SMILES string of the molecule is COc1ccc(Nc2cc(C(=O)NC(C)c3ccccc3)ccn2)c(OC)c1. The molecule has 1 amide bonds. The van der Waals surface area contributed by atoms with Crippen LogP contribution in [0, 0.1) is 0 Å². The fourth-order valence-electron chi connectivity index (χ4n) is 2.78. The van der Waals surface area contributed by atoms with Crippen molar-refractivity contribution in [3.05, 3.63) is 78.0 Å². The molecule has 0 saturated heterocycles. The molecule has 0 bridgehead atoms. The minimum atomic E-state index is -0.163. The van der Waals surface area contributed by atoms with Gasteiger partial charge in [0.1, 0.15) is 17.3 Å². The van der Waals surface area contributed by atoms with Crippen LogP contribution in [-0.4, -0.2) is 25.1 Å². The van der Waals surface area contributed by atoms with Crippen LogP contribution >= 0.6 is 0 Å². The molecule has 1 unspecified atom stereocenters. The summed E-state index contributed by atoms with van der Waals surface area (Å²) in [6, 6.07) is 18.6. The van der Waals surface area contributed by atoms with Gasteiger partial charge in [0.05, 0.1) is 25.9 Å². The summed E-state index contributed by atoms with van der Waals surface area (Å²) >= 11 is 0. The van der Waals surface area contributed by atoms with Gasteiger partial charge in [-0.1, -0.05) is 30.3 Å². The Balaban J connectivity index is 1.74. The first-order valence-corrected chi connectivity index (χ1v) is 8.91. The first-order chi connectivity index (χ1) is 13.6. The number of anilines is 2. The molecule has 3 rings (SSSR count). The number of amides is 1. The second-order valence-corrected chi connectivity index (χ2v) is 6.23. The summed E-state index contributed by atoms with van der Waals surface area (Å²) in [4.78, 5) is 16.9. The van der Waals surface area contributed by atoms with Gasteiger partial charge in [0.2, 0.25) is 0 Å². The van der Waals surface area contributed by atoms with Crippen molar-refractivity contribution in [2.75, 3.05) is 19.5 Å². The Morgan fingerprint density at radius 2 is 1.79 bits per heavy atom. The predicted molar refractivity (Wildman–Crippen MR) is 109 cm³/mol. The normalized spacial score (nSPS) is 11.4. The number of nitrogens with one attached hydrogen (secondary N) is 2. The van der Waals surface area contributed by atoms with Crippen molar-refractivity contribution in [1.82, 2.24) is 10.3 Å². The molecule has 0 saturated carbocycles. The Hall–Kier alpha value is -3.54. The summed E-state index contributed by atoms with van der Waals surface area (Å²) in [5.74, 6) is 1.69. The highest BCUT2D eigenvalue weighted by molar-refractivity contribution is 5.95. The molecule has 6 nitrogen and oxygen atoms in total. The van der Waals surface area contributed by atoms with Crippen LogP contribution in [0.1, 0.15) is 28.9 Å². The first kappa shape index (κ1) is 19.2. The van der Waals surface area contributed by atoms with E-state index in [2.05, 4.69) is 15.6 Å². The van der Waals surface area contributed by atoms with Crippen molar-refractivity contribution >= 4 is 17.4 Å². The molecule has 3 aromatic rings. The van der Waals surface area contributed by atoms with E-state index in [0.29, 0.717) is 22.9 Å². The van der Waals surface area contributed by atoms with Gasteiger partial charge in [0, 0.05) is 17.8 Å². The van der Waals surface area contributed by atoms with Gasteiger partial charge in [-0.25, -0.2) is 4.98 Å². The topological polar surface area (TPSA) is 72.5 Å². The number of methoxy groups -OCH3 is 2. The molecule has 1 aromatic heterocycles. The molecule has 28 heavy (non-hydrogen) atoms. The van der Waals surface area contributed by atoms with E-state index in [-0.39, 0.29) is 11.9 Å². The van der Waals surface area contributed by atoms with E-state index in [1.807, 2.05) is 49.4 Å². The molecular formula is C22H23N3O3. The number of nitrogens with zero attached hydrogens (tertiary/aromatic N) is 1. The Bertz CT molecular complexity index is 945. The third kappa shape index (κ3) is 4.59. The zero-order valence-corrected chi connectivity index (χ0v) is 16.1. The Morgan fingerprint density at radius 1 is 1.00 bits per heavy atom. The maximum absolute atomic E-state index is 12.6. The number of carbonyl (C=O) groups excluding carboxylic acids is 1. The molecule has 0 aliphatic rings. The van der Waals surface area contributed by atoms with Gasteiger partial charge in [-0.3, -0.25) is 4.79 Å². The number of carbonyl (C=O) groups is 1. The summed E-state index contributed by atoms with van der Waals surface area (Å²) in [5.41, 5.74) is 2.30. The molecule has 1 atom stereocenters. The summed E-state index contributed by atoms with van der Waals surface area (Å²) in [7, 11) is 3.18. The Kier molecular flexibility index (Phi) is 6.11. The Morgan fingerprint density at radius 3 is 2.50 bits per heavy atom. The third-order valence-corrected chi connectivity index (χ3v) is 4.34. The maximum Gasteiger partial charge on any atom is 0.251 e. The minimum absolute atomic E-state index is 0.0973. The zero-order chi connectivity index (χ0) is 19.9. The van der Waals surface area contributed by atoms with Gasteiger partial charge in [-0.2, -0.15) is 0 Å². The maximum atomic E-state index is 12.6. The second-order valence-electron chi connectivity index (χ2n) is 6.23. The Labute approximate surface area is 164 Å². The number of aromatic nitrogens is 1. The van der Waals surface area contributed by atoms with Crippen molar-refractivity contribution < 1.29 is 14.3 Å². The predicted octanol–water partition coefficient (Wildman–Crippen LogP) is 4.33.